The number of aromatic nitrogens is 2. The Bertz CT molecular complexity index is 895. The zero-order valence-corrected chi connectivity index (χ0v) is 13.9. The van der Waals surface area contributed by atoms with Crippen LogP contribution in [0.1, 0.15) is 29.9 Å². The summed E-state index contributed by atoms with van der Waals surface area (Å²) in [5.41, 5.74) is 9.43. The van der Waals surface area contributed by atoms with E-state index in [1.165, 1.54) is 29.6 Å². The molecule has 0 spiro atoms. The molecule has 1 aromatic heterocycles. The molecule has 0 amide bonds. The van der Waals surface area contributed by atoms with Crippen molar-refractivity contribution in [2.24, 2.45) is 5.73 Å². The molecule has 4 nitrogen and oxygen atoms in total. The minimum absolute atomic E-state index is 0.379. The molecule has 0 radical (unpaired) electrons. The number of halogens is 1. The summed E-state index contributed by atoms with van der Waals surface area (Å²) in [6.07, 6.45) is 4.66. The SMILES string of the molecule is NC[C@@H]1CCCc2cc([S+]([O-])c3cc(F)cc4nc[nH]c34)ccc21. The molecule has 3 aromatic rings. The second-order valence-corrected chi connectivity index (χ2v) is 7.60. The molecule has 4 rings (SSSR count). The van der Waals surface area contributed by atoms with E-state index in [4.69, 9.17) is 5.73 Å². The van der Waals surface area contributed by atoms with E-state index < -0.39 is 17.0 Å². The summed E-state index contributed by atoms with van der Waals surface area (Å²) in [7, 11) is 0. The van der Waals surface area contributed by atoms with Gasteiger partial charge in [-0.2, -0.15) is 0 Å². The molecule has 3 N–H and O–H groups in total. The highest BCUT2D eigenvalue weighted by Crippen LogP contribution is 2.34. The predicted molar refractivity (Wildman–Crippen MR) is 91.9 cm³/mol. The second-order valence-electron chi connectivity index (χ2n) is 6.15. The van der Waals surface area contributed by atoms with Crippen molar-refractivity contribution in [2.75, 3.05) is 6.54 Å². The minimum Gasteiger partial charge on any atom is -0.606 e. The number of nitrogens with one attached hydrogen (secondary N) is 1. The minimum atomic E-state index is -1.46. The van der Waals surface area contributed by atoms with Crippen LogP contribution < -0.4 is 5.73 Å². The van der Waals surface area contributed by atoms with Crippen LogP contribution in [0.4, 0.5) is 4.39 Å². The van der Waals surface area contributed by atoms with E-state index in [-0.39, 0.29) is 0 Å². The fourth-order valence-corrected chi connectivity index (χ4v) is 4.77. The van der Waals surface area contributed by atoms with Gasteiger partial charge >= 0.3 is 0 Å². The summed E-state index contributed by atoms with van der Waals surface area (Å²) >= 11 is -1.46. The molecule has 0 bridgehead atoms. The average Bonchev–Trinajstić information content (AvgIpc) is 3.07. The third-order valence-corrected chi connectivity index (χ3v) is 6.11. The second kappa shape index (κ2) is 6.20. The lowest BCUT2D eigenvalue weighted by molar-refractivity contribution is 0.558. The Morgan fingerprint density at radius 1 is 1.33 bits per heavy atom. The molecular weight excluding hydrogens is 325 g/mol. The van der Waals surface area contributed by atoms with Crippen LogP contribution in [0.3, 0.4) is 0 Å². The van der Waals surface area contributed by atoms with Crippen LogP contribution in [0.5, 0.6) is 0 Å². The number of nitrogens with two attached hydrogens (primary N) is 1. The van der Waals surface area contributed by atoms with E-state index in [1.54, 1.807) is 0 Å². The van der Waals surface area contributed by atoms with Gasteiger partial charge in [0, 0.05) is 23.3 Å². The van der Waals surface area contributed by atoms with Gasteiger partial charge in [-0.15, -0.1) is 0 Å². The van der Waals surface area contributed by atoms with Gasteiger partial charge in [-0.3, -0.25) is 0 Å². The molecule has 0 saturated heterocycles. The summed E-state index contributed by atoms with van der Waals surface area (Å²) < 4.78 is 26.8. The Kier molecular flexibility index (Phi) is 4.04. The maximum absolute atomic E-state index is 13.8. The number of aromatic amines is 1. The molecule has 0 aliphatic heterocycles. The van der Waals surface area contributed by atoms with Crippen LogP contribution >= 0.6 is 0 Å². The van der Waals surface area contributed by atoms with Crippen molar-refractivity contribution < 1.29 is 8.94 Å². The molecule has 0 fully saturated rings. The normalized spacial score (nSPS) is 18.5. The van der Waals surface area contributed by atoms with E-state index in [0.717, 1.165) is 19.3 Å². The zero-order chi connectivity index (χ0) is 16.7. The third-order valence-electron chi connectivity index (χ3n) is 4.71. The topological polar surface area (TPSA) is 77.8 Å². The highest BCUT2D eigenvalue weighted by atomic mass is 32.2. The summed E-state index contributed by atoms with van der Waals surface area (Å²) in [5, 5.41) is 0. The molecule has 1 aliphatic carbocycles. The number of rotatable bonds is 3. The summed E-state index contributed by atoms with van der Waals surface area (Å²) in [6.45, 7) is 0.633. The third kappa shape index (κ3) is 2.60. The molecule has 6 heteroatoms. The van der Waals surface area contributed by atoms with E-state index in [1.807, 2.05) is 18.2 Å². The Labute approximate surface area is 142 Å². The predicted octanol–water partition coefficient (Wildman–Crippen LogP) is 3.25. The van der Waals surface area contributed by atoms with E-state index in [0.29, 0.717) is 33.3 Å². The summed E-state index contributed by atoms with van der Waals surface area (Å²) in [6, 6.07) is 8.54. The largest absolute Gasteiger partial charge is 0.606 e. The number of H-pyrrole nitrogens is 1. The van der Waals surface area contributed by atoms with Crippen molar-refractivity contribution in [3.63, 3.8) is 0 Å². The van der Waals surface area contributed by atoms with Gasteiger partial charge in [0.1, 0.15) is 11.3 Å². The standard InChI is InChI=1S/C18H18FN3OS/c19-13-7-16-18(22-10-21-16)17(8-13)24(23)14-4-5-15-11(6-14)2-1-3-12(15)9-20/h4-8,10,12H,1-3,9,20H2,(H,21,22)/t12-,24?/m0/s1. The first kappa shape index (κ1) is 15.6. The Balaban J connectivity index is 1.77. The lowest BCUT2D eigenvalue weighted by atomic mass is 9.83. The van der Waals surface area contributed by atoms with Gasteiger partial charge in [0.25, 0.3) is 0 Å². The lowest BCUT2D eigenvalue weighted by Gasteiger charge is -2.25. The van der Waals surface area contributed by atoms with Crippen LogP contribution in [0.2, 0.25) is 0 Å². The first-order chi connectivity index (χ1) is 11.7. The highest BCUT2D eigenvalue weighted by Gasteiger charge is 2.25. The van der Waals surface area contributed by atoms with Crippen molar-refractivity contribution in [1.82, 2.24) is 9.97 Å². The van der Waals surface area contributed by atoms with Crippen LogP contribution in [0.25, 0.3) is 11.0 Å². The number of fused-ring (bicyclic) bond motifs is 2. The van der Waals surface area contributed by atoms with E-state index in [9.17, 15) is 8.94 Å². The van der Waals surface area contributed by atoms with Crippen molar-refractivity contribution in [3.05, 3.63) is 53.6 Å². The van der Waals surface area contributed by atoms with Gasteiger partial charge in [-0.25, -0.2) is 9.37 Å². The number of hydrogen-bond acceptors (Lipinski definition) is 3. The van der Waals surface area contributed by atoms with Gasteiger partial charge in [0.2, 0.25) is 0 Å². The molecule has 24 heavy (non-hydrogen) atoms. The fraction of sp³-hybridized carbons (Fsp3) is 0.278. The van der Waals surface area contributed by atoms with Crippen LogP contribution in [-0.4, -0.2) is 21.1 Å². The van der Waals surface area contributed by atoms with Gasteiger partial charge < -0.3 is 15.3 Å². The van der Waals surface area contributed by atoms with Gasteiger partial charge in [0.05, 0.1) is 11.8 Å². The Morgan fingerprint density at radius 3 is 3.04 bits per heavy atom. The number of hydrogen-bond donors (Lipinski definition) is 2. The average molecular weight is 343 g/mol. The van der Waals surface area contributed by atoms with Crippen molar-refractivity contribution in [1.29, 1.82) is 0 Å². The molecule has 2 aromatic carbocycles. The Morgan fingerprint density at radius 2 is 2.21 bits per heavy atom. The van der Waals surface area contributed by atoms with E-state index in [2.05, 4.69) is 9.97 Å². The summed E-state index contributed by atoms with van der Waals surface area (Å²) in [4.78, 5) is 8.13. The zero-order valence-electron chi connectivity index (χ0n) is 13.1. The molecule has 124 valence electrons. The molecule has 0 saturated carbocycles. The first-order valence-corrected chi connectivity index (χ1v) is 9.19. The molecule has 1 heterocycles. The molecular formula is C18H18FN3OS. The highest BCUT2D eigenvalue weighted by molar-refractivity contribution is 7.91. The van der Waals surface area contributed by atoms with Crippen LogP contribution in [-0.2, 0) is 17.6 Å². The monoisotopic (exact) mass is 343 g/mol. The van der Waals surface area contributed by atoms with Crippen molar-refractivity contribution in [2.45, 2.75) is 35.0 Å². The Hall–Kier alpha value is -1.89. The van der Waals surface area contributed by atoms with Crippen molar-refractivity contribution >= 4 is 22.2 Å². The first-order valence-electron chi connectivity index (χ1n) is 8.04. The lowest BCUT2D eigenvalue weighted by Crippen LogP contribution is -2.18. The maximum atomic E-state index is 13.8. The van der Waals surface area contributed by atoms with Gasteiger partial charge in [-0.1, -0.05) is 6.07 Å². The smallest absolute Gasteiger partial charge is 0.187 e. The number of imidazole rings is 1. The number of aryl methyl sites for hydroxylation is 1. The quantitative estimate of drug-likeness (QED) is 0.717. The number of nitrogens with zero attached hydrogens (tertiary/aromatic N) is 1. The molecule has 1 unspecified atom stereocenters. The van der Waals surface area contributed by atoms with E-state index >= 15 is 0 Å². The molecule has 1 aliphatic rings. The van der Waals surface area contributed by atoms with Crippen LogP contribution in [0.15, 0.2) is 46.5 Å². The fourth-order valence-electron chi connectivity index (χ4n) is 3.51. The van der Waals surface area contributed by atoms with Gasteiger partial charge in [0.15, 0.2) is 9.79 Å². The van der Waals surface area contributed by atoms with Crippen molar-refractivity contribution in [3.8, 4) is 0 Å². The summed E-state index contributed by atoms with van der Waals surface area (Å²) in [5.74, 6) is -0.0520. The number of benzene rings is 2. The molecule has 2 atom stereocenters. The van der Waals surface area contributed by atoms with Crippen LogP contribution in [0, 0.1) is 5.82 Å². The maximum Gasteiger partial charge on any atom is 0.187 e. The van der Waals surface area contributed by atoms with Gasteiger partial charge in [-0.05, 0) is 55.0 Å².